The number of rotatable bonds is 4. The minimum absolute atomic E-state index is 0.0883. The molecule has 0 aliphatic carbocycles. The molecule has 0 saturated carbocycles. The Morgan fingerprint density at radius 1 is 0.903 bits per heavy atom. The molecule has 2 N–H and O–H groups in total. The molecule has 4 aromatic carbocycles. The molecule has 4 aromatic rings. The van der Waals surface area contributed by atoms with Crippen molar-refractivity contribution in [2.45, 2.75) is 6.92 Å². The Balaban J connectivity index is 1.78. The summed E-state index contributed by atoms with van der Waals surface area (Å²) in [5, 5.41) is 24.8. The Morgan fingerprint density at radius 3 is 2.39 bits per heavy atom. The SMILES string of the molecule is Cc1ccc(Cl)cc1N=Nc1c(O)c(C(=O)Nc2ccc(Cl)cc2)cc2ccccc12. The lowest BCUT2D eigenvalue weighted by atomic mass is 10.0. The zero-order valence-corrected chi connectivity index (χ0v) is 17.9. The van der Waals surface area contributed by atoms with Crippen LogP contribution in [-0.2, 0) is 0 Å². The first-order chi connectivity index (χ1) is 14.9. The van der Waals surface area contributed by atoms with E-state index >= 15 is 0 Å². The van der Waals surface area contributed by atoms with Crippen molar-refractivity contribution in [1.82, 2.24) is 0 Å². The quantitative estimate of drug-likeness (QED) is 0.311. The number of azo groups is 1. The second-order valence-corrected chi connectivity index (χ2v) is 7.81. The fraction of sp³-hybridized carbons (Fsp3) is 0.0417. The second kappa shape index (κ2) is 8.76. The zero-order chi connectivity index (χ0) is 22.0. The zero-order valence-electron chi connectivity index (χ0n) is 16.4. The molecule has 4 rings (SSSR count). The van der Waals surface area contributed by atoms with E-state index in [1.54, 1.807) is 42.5 Å². The summed E-state index contributed by atoms with van der Waals surface area (Å²) in [4.78, 5) is 12.9. The van der Waals surface area contributed by atoms with E-state index in [2.05, 4.69) is 15.5 Å². The van der Waals surface area contributed by atoms with Gasteiger partial charge in [-0.25, -0.2) is 0 Å². The van der Waals surface area contributed by atoms with Gasteiger partial charge in [0.15, 0.2) is 5.75 Å². The molecule has 0 aromatic heterocycles. The molecular formula is C24H17Cl2N3O2. The first-order valence-electron chi connectivity index (χ1n) is 9.42. The molecule has 5 nitrogen and oxygen atoms in total. The predicted molar refractivity (Wildman–Crippen MR) is 125 cm³/mol. The number of fused-ring (bicyclic) bond motifs is 1. The molecule has 31 heavy (non-hydrogen) atoms. The Morgan fingerprint density at radius 2 is 1.61 bits per heavy atom. The van der Waals surface area contributed by atoms with E-state index in [0.717, 1.165) is 10.9 Å². The summed E-state index contributed by atoms with van der Waals surface area (Å²) in [5.41, 5.74) is 2.31. The minimum Gasteiger partial charge on any atom is -0.505 e. The first kappa shape index (κ1) is 20.8. The Hall–Kier alpha value is -3.41. The van der Waals surface area contributed by atoms with Gasteiger partial charge in [-0.3, -0.25) is 4.79 Å². The minimum atomic E-state index is -0.471. The van der Waals surface area contributed by atoms with Gasteiger partial charge in [0, 0.05) is 21.1 Å². The monoisotopic (exact) mass is 449 g/mol. The molecule has 0 saturated heterocycles. The summed E-state index contributed by atoms with van der Waals surface area (Å²) in [6.07, 6.45) is 0. The van der Waals surface area contributed by atoms with Crippen LogP contribution in [0.3, 0.4) is 0 Å². The van der Waals surface area contributed by atoms with Crippen LogP contribution in [0.1, 0.15) is 15.9 Å². The van der Waals surface area contributed by atoms with Crippen LogP contribution < -0.4 is 5.32 Å². The largest absolute Gasteiger partial charge is 0.505 e. The van der Waals surface area contributed by atoms with Crippen molar-refractivity contribution in [3.05, 3.63) is 94.0 Å². The van der Waals surface area contributed by atoms with Crippen molar-refractivity contribution >= 4 is 56.9 Å². The van der Waals surface area contributed by atoms with Crippen LogP contribution in [0.2, 0.25) is 10.0 Å². The van der Waals surface area contributed by atoms with Gasteiger partial charge in [-0.05, 0) is 60.3 Å². The number of halogens is 2. The van der Waals surface area contributed by atoms with E-state index in [1.807, 2.05) is 37.3 Å². The number of carbonyl (C=O) groups excluding carboxylic acids is 1. The van der Waals surface area contributed by atoms with Gasteiger partial charge in [-0.15, -0.1) is 5.11 Å². The van der Waals surface area contributed by atoms with Crippen molar-refractivity contribution in [2.24, 2.45) is 10.2 Å². The van der Waals surface area contributed by atoms with Gasteiger partial charge in [0.1, 0.15) is 5.69 Å². The number of aryl methyl sites for hydroxylation is 1. The van der Waals surface area contributed by atoms with Gasteiger partial charge in [0.2, 0.25) is 0 Å². The average Bonchev–Trinajstić information content (AvgIpc) is 2.76. The van der Waals surface area contributed by atoms with Crippen molar-refractivity contribution in [3.8, 4) is 5.75 Å². The number of benzene rings is 4. The van der Waals surface area contributed by atoms with Crippen LogP contribution in [-0.4, -0.2) is 11.0 Å². The number of hydrogen-bond donors (Lipinski definition) is 2. The number of hydrogen-bond acceptors (Lipinski definition) is 4. The molecule has 0 bridgehead atoms. The maximum Gasteiger partial charge on any atom is 0.259 e. The third kappa shape index (κ3) is 4.53. The van der Waals surface area contributed by atoms with E-state index in [4.69, 9.17) is 23.2 Å². The molecule has 154 valence electrons. The lowest BCUT2D eigenvalue weighted by Gasteiger charge is -2.11. The van der Waals surface area contributed by atoms with E-state index in [-0.39, 0.29) is 17.0 Å². The fourth-order valence-corrected chi connectivity index (χ4v) is 3.41. The van der Waals surface area contributed by atoms with Crippen molar-refractivity contribution in [1.29, 1.82) is 0 Å². The predicted octanol–water partition coefficient (Wildman–Crippen LogP) is 7.83. The molecular weight excluding hydrogens is 433 g/mol. The number of anilines is 1. The summed E-state index contributed by atoms with van der Waals surface area (Å²) >= 11 is 12.0. The van der Waals surface area contributed by atoms with Crippen LogP contribution in [0, 0.1) is 6.92 Å². The van der Waals surface area contributed by atoms with Gasteiger partial charge in [0.25, 0.3) is 5.91 Å². The maximum atomic E-state index is 12.9. The standard InChI is InChI=1S/C24H17Cl2N3O2/c1-14-6-7-17(26)13-21(14)28-29-22-19-5-3-2-4-15(19)12-20(23(22)30)24(31)27-18-10-8-16(25)9-11-18/h2-13,30H,1H3,(H,27,31). The van der Waals surface area contributed by atoms with Gasteiger partial charge in [-0.2, -0.15) is 5.11 Å². The van der Waals surface area contributed by atoms with Gasteiger partial charge in [0.05, 0.1) is 11.3 Å². The van der Waals surface area contributed by atoms with E-state index in [1.165, 1.54) is 0 Å². The topological polar surface area (TPSA) is 74.0 Å². The van der Waals surface area contributed by atoms with Crippen molar-refractivity contribution in [2.75, 3.05) is 5.32 Å². The van der Waals surface area contributed by atoms with Crippen LogP contribution in [0.15, 0.2) is 83.0 Å². The summed E-state index contributed by atoms with van der Waals surface area (Å²) in [6, 6.07) is 21.0. The lowest BCUT2D eigenvalue weighted by molar-refractivity contribution is 0.102. The maximum absolute atomic E-state index is 12.9. The number of amides is 1. The molecule has 0 heterocycles. The smallest absolute Gasteiger partial charge is 0.259 e. The fourth-order valence-electron chi connectivity index (χ4n) is 3.12. The Bertz CT molecular complexity index is 1320. The van der Waals surface area contributed by atoms with E-state index in [9.17, 15) is 9.90 Å². The lowest BCUT2D eigenvalue weighted by Crippen LogP contribution is -2.12. The number of phenols is 1. The van der Waals surface area contributed by atoms with Crippen LogP contribution in [0.25, 0.3) is 10.8 Å². The molecule has 0 aliphatic rings. The second-order valence-electron chi connectivity index (χ2n) is 6.93. The van der Waals surface area contributed by atoms with Gasteiger partial charge in [-0.1, -0.05) is 53.5 Å². The molecule has 1 amide bonds. The number of carbonyl (C=O) groups is 1. The Labute approximate surface area is 189 Å². The molecule has 0 aliphatic heterocycles. The summed E-state index contributed by atoms with van der Waals surface area (Å²) < 4.78 is 0. The molecule has 7 heteroatoms. The van der Waals surface area contributed by atoms with Crippen molar-refractivity contribution < 1.29 is 9.90 Å². The molecule has 0 atom stereocenters. The van der Waals surface area contributed by atoms with E-state index < -0.39 is 5.91 Å². The first-order valence-corrected chi connectivity index (χ1v) is 10.2. The van der Waals surface area contributed by atoms with Crippen molar-refractivity contribution in [3.63, 3.8) is 0 Å². The summed E-state index contributed by atoms with van der Waals surface area (Å²) in [6.45, 7) is 1.89. The summed E-state index contributed by atoms with van der Waals surface area (Å²) in [7, 11) is 0. The highest BCUT2D eigenvalue weighted by Gasteiger charge is 2.18. The molecule has 0 unspecified atom stereocenters. The molecule has 0 spiro atoms. The highest BCUT2D eigenvalue weighted by Crippen LogP contribution is 2.40. The molecule has 0 fully saturated rings. The number of nitrogens with one attached hydrogen (secondary N) is 1. The average molecular weight is 450 g/mol. The highest BCUT2D eigenvalue weighted by atomic mass is 35.5. The number of phenolic OH excluding ortho intramolecular Hbond substituents is 1. The van der Waals surface area contributed by atoms with Crippen LogP contribution >= 0.6 is 23.2 Å². The van der Waals surface area contributed by atoms with Gasteiger partial charge < -0.3 is 10.4 Å². The van der Waals surface area contributed by atoms with E-state index in [0.29, 0.717) is 26.8 Å². The Kier molecular flexibility index (Phi) is 5.89. The number of nitrogens with zero attached hydrogens (tertiary/aromatic N) is 2. The third-order valence-corrected chi connectivity index (χ3v) is 5.26. The third-order valence-electron chi connectivity index (χ3n) is 4.77. The number of aromatic hydroxyl groups is 1. The summed E-state index contributed by atoms with van der Waals surface area (Å²) in [5.74, 6) is -0.727. The van der Waals surface area contributed by atoms with Crippen LogP contribution in [0.4, 0.5) is 17.1 Å². The highest BCUT2D eigenvalue weighted by molar-refractivity contribution is 6.31. The normalized spacial score (nSPS) is 11.2. The van der Waals surface area contributed by atoms with Gasteiger partial charge >= 0.3 is 0 Å². The molecule has 0 radical (unpaired) electrons. The van der Waals surface area contributed by atoms with Crippen LogP contribution in [0.5, 0.6) is 5.75 Å².